The lowest BCUT2D eigenvalue weighted by Gasteiger charge is -2.01. The first-order valence-electron chi connectivity index (χ1n) is 9.31. The predicted octanol–water partition coefficient (Wildman–Crippen LogP) is 5.88. The van der Waals surface area contributed by atoms with E-state index in [1.54, 1.807) is 18.0 Å². The molecule has 0 aliphatic rings. The summed E-state index contributed by atoms with van der Waals surface area (Å²) in [5.41, 5.74) is 4.58. The SMILES string of the molecule is O=C(CSc1nnc(SCc2ccccc2Cl)s1)N/N=C/c1cccc2ccccc12. The fraction of sp³-hybridized carbons (Fsp3) is 0.0909. The summed E-state index contributed by atoms with van der Waals surface area (Å²) in [7, 11) is 0. The van der Waals surface area contributed by atoms with E-state index >= 15 is 0 Å². The van der Waals surface area contributed by atoms with Crippen molar-refractivity contribution in [2.45, 2.75) is 14.4 Å². The highest BCUT2D eigenvalue weighted by atomic mass is 35.5. The number of fused-ring (bicyclic) bond motifs is 1. The summed E-state index contributed by atoms with van der Waals surface area (Å²) in [6, 6.07) is 21.8. The van der Waals surface area contributed by atoms with E-state index in [1.807, 2.05) is 66.7 Å². The fourth-order valence-electron chi connectivity index (χ4n) is 2.77. The van der Waals surface area contributed by atoms with Gasteiger partial charge in [0.1, 0.15) is 0 Å². The van der Waals surface area contributed by atoms with Crippen molar-refractivity contribution < 1.29 is 4.79 Å². The predicted molar refractivity (Wildman–Crippen MR) is 131 cm³/mol. The van der Waals surface area contributed by atoms with E-state index in [0.29, 0.717) is 0 Å². The molecule has 0 atom stereocenters. The van der Waals surface area contributed by atoms with Gasteiger partial charge in [-0.3, -0.25) is 4.79 Å². The maximum Gasteiger partial charge on any atom is 0.250 e. The number of nitrogens with one attached hydrogen (secondary N) is 1. The van der Waals surface area contributed by atoms with Crippen LogP contribution in [0.5, 0.6) is 0 Å². The van der Waals surface area contributed by atoms with Crippen LogP contribution in [-0.4, -0.2) is 28.1 Å². The molecule has 31 heavy (non-hydrogen) atoms. The van der Waals surface area contributed by atoms with Gasteiger partial charge in [-0.05, 0) is 22.4 Å². The average molecular weight is 485 g/mol. The van der Waals surface area contributed by atoms with Crippen molar-refractivity contribution in [1.29, 1.82) is 0 Å². The number of thioether (sulfide) groups is 2. The third-order valence-electron chi connectivity index (χ3n) is 4.24. The number of hydrogen-bond donors (Lipinski definition) is 1. The topological polar surface area (TPSA) is 67.2 Å². The maximum absolute atomic E-state index is 12.1. The number of nitrogens with zero attached hydrogens (tertiary/aromatic N) is 3. The number of hydrazone groups is 1. The quantitative estimate of drug-likeness (QED) is 0.192. The van der Waals surface area contributed by atoms with E-state index in [1.165, 1.54) is 23.1 Å². The zero-order chi connectivity index (χ0) is 21.5. The van der Waals surface area contributed by atoms with Gasteiger partial charge in [-0.2, -0.15) is 5.10 Å². The number of aromatic nitrogens is 2. The van der Waals surface area contributed by atoms with E-state index in [4.69, 9.17) is 11.6 Å². The molecule has 0 aliphatic carbocycles. The summed E-state index contributed by atoms with van der Waals surface area (Å²) < 4.78 is 1.59. The molecule has 4 rings (SSSR count). The van der Waals surface area contributed by atoms with Crippen LogP contribution in [0.2, 0.25) is 5.02 Å². The van der Waals surface area contributed by atoms with E-state index in [9.17, 15) is 4.79 Å². The van der Waals surface area contributed by atoms with Gasteiger partial charge in [0.05, 0.1) is 12.0 Å². The molecule has 0 saturated heterocycles. The summed E-state index contributed by atoms with van der Waals surface area (Å²) in [4.78, 5) is 12.1. The van der Waals surface area contributed by atoms with Gasteiger partial charge < -0.3 is 0 Å². The first-order valence-corrected chi connectivity index (χ1v) is 12.5. The maximum atomic E-state index is 12.1. The van der Waals surface area contributed by atoms with Crippen molar-refractivity contribution in [2.24, 2.45) is 5.10 Å². The third kappa shape index (κ3) is 6.07. The minimum Gasteiger partial charge on any atom is -0.272 e. The number of carbonyl (C=O) groups is 1. The summed E-state index contributed by atoms with van der Waals surface area (Å²) in [5.74, 6) is 0.751. The lowest BCUT2D eigenvalue weighted by atomic mass is 10.1. The highest BCUT2D eigenvalue weighted by Crippen LogP contribution is 2.32. The number of benzene rings is 3. The van der Waals surface area contributed by atoms with E-state index < -0.39 is 0 Å². The number of halogens is 1. The summed E-state index contributed by atoms with van der Waals surface area (Å²) in [6.07, 6.45) is 1.67. The van der Waals surface area contributed by atoms with Gasteiger partial charge in [0, 0.05) is 16.3 Å². The monoisotopic (exact) mass is 484 g/mol. The molecule has 5 nitrogen and oxygen atoms in total. The van der Waals surface area contributed by atoms with Gasteiger partial charge in [-0.25, -0.2) is 5.43 Å². The van der Waals surface area contributed by atoms with Gasteiger partial charge in [-0.1, -0.05) is 107 Å². The van der Waals surface area contributed by atoms with Crippen LogP contribution in [-0.2, 0) is 10.5 Å². The molecular weight excluding hydrogens is 468 g/mol. The second-order valence-electron chi connectivity index (χ2n) is 6.36. The molecule has 1 N–H and O–H groups in total. The highest BCUT2D eigenvalue weighted by molar-refractivity contribution is 8.03. The van der Waals surface area contributed by atoms with Gasteiger partial charge in [0.2, 0.25) is 0 Å². The number of hydrogen-bond acceptors (Lipinski definition) is 7. The minimum atomic E-state index is -0.193. The van der Waals surface area contributed by atoms with Crippen LogP contribution in [0.3, 0.4) is 0 Å². The molecule has 0 saturated carbocycles. The normalized spacial score (nSPS) is 11.3. The molecule has 9 heteroatoms. The Hall–Kier alpha value is -2.39. The number of rotatable bonds is 8. The van der Waals surface area contributed by atoms with Gasteiger partial charge in [0.25, 0.3) is 5.91 Å². The van der Waals surface area contributed by atoms with Crippen LogP contribution in [0.25, 0.3) is 10.8 Å². The zero-order valence-electron chi connectivity index (χ0n) is 16.2. The Balaban J connectivity index is 1.25. The Morgan fingerprint density at radius 1 is 1.00 bits per heavy atom. The van der Waals surface area contributed by atoms with Crippen LogP contribution in [0.4, 0.5) is 0 Å². The molecule has 0 spiro atoms. The molecule has 0 unspecified atom stereocenters. The Labute approximate surface area is 197 Å². The smallest absolute Gasteiger partial charge is 0.250 e. The van der Waals surface area contributed by atoms with Crippen molar-refractivity contribution in [2.75, 3.05) is 5.75 Å². The second kappa shape index (κ2) is 10.8. The second-order valence-corrected chi connectivity index (χ2v) is 10.2. The van der Waals surface area contributed by atoms with Crippen LogP contribution in [0.15, 0.2) is 80.5 Å². The van der Waals surface area contributed by atoms with Crippen molar-refractivity contribution in [3.63, 3.8) is 0 Å². The Morgan fingerprint density at radius 2 is 1.74 bits per heavy atom. The molecule has 4 aromatic rings. The van der Waals surface area contributed by atoms with Gasteiger partial charge >= 0.3 is 0 Å². The molecule has 0 radical (unpaired) electrons. The molecule has 0 bridgehead atoms. The molecule has 1 heterocycles. The summed E-state index contributed by atoms with van der Waals surface area (Å²) >= 11 is 10.6. The molecule has 0 fully saturated rings. The minimum absolute atomic E-state index is 0.193. The van der Waals surface area contributed by atoms with E-state index in [0.717, 1.165) is 41.4 Å². The lowest BCUT2D eigenvalue weighted by molar-refractivity contribution is -0.118. The van der Waals surface area contributed by atoms with Crippen LogP contribution >= 0.6 is 46.5 Å². The molecule has 0 aliphatic heterocycles. The summed E-state index contributed by atoms with van der Waals surface area (Å²) in [5, 5.41) is 15.4. The molecule has 3 aromatic carbocycles. The summed E-state index contributed by atoms with van der Waals surface area (Å²) in [6.45, 7) is 0. The Kier molecular flexibility index (Phi) is 7.58. The fourth-order valence-corrected chi connectivity index (χ4v) is 5.86. The zero-order valence-corrected chi connectivity index (χ0v) is 19.4. The van der Waals surface area contributed by atoms with Gasteiger partial charge in [-0.15, -0.1) is 10.2 Å². The van der Waals surface area contributed by atoms with Crippen LogP contribution in [0.1, 0.15) is 11.1 Å². The molecule has 156 valence electrons. The molecule has 1 aromatic heterocycles. The standard InChI is InChI=1S/C22H17ClN4OS3/c23-19-11-4-2-7-17(19)13-29-21-26-27-22(31-21)30-14-20(28)25-24-12-16-9-5-8-15-6-1-3-10-18(15)16/h1-12H,13-14H2,(H,25,28)/b24-12+. The van der Waals surface area contributed by atoms with Crippen LogP contribution in [0, 0.1) is 0 Å². The largest absolute Gasteiger partial charge is 0.272 e. The van der Waals surface area contributed by atoms with Crippen LogP contribution < -0.4 is 5.43 Å². The number of amides is 1. The van der Waals surface area contributed by atoms with Crippen molar-refractivity contribution in [3.8, 4) is 0 Å². The Bertz CT molecular complexity index is 1220. The highest BCUT2D eigenvalue weighted by Gasteiger charge is 2.09. The first-order chi connectivity index (χ1) is 15.2. The van der Waals surface area contributed by atoms with E-state index in [-0.39, 0.29) is 11.7 Å². The van der Waals surface area contributed by atoms with Crippen molar-refractivity contribution in [1.82, 2.24) is 15.6 Å². The van der Waals surface area contributed by atoms with E-state index in [2.05, 4.69) is 20.7 Å². The van der Waals surface area contributed by atoms with Gasteiger partial charge in [0.15, 0.2) is 8.68 Å². The first kappa shape index (κ1) is 21.8. The van der Waals surface area contributed by atoms with Crippen molar-refractivity contribution >= 4 is 69.4 Å². The third-order valence-corrected chi connectivity index (χ3v) is 7.85. The number of carbonyl (C=O) groups excluding carboxylic acids is 1. The average Bonchev–Trinajstić information content (AvgIpc) is 3.25. The lowest BCUT2D eigenvalue weighted by Crippen LogP contribution is -2.19. The Morgan fingerprint density at radius 3 is 2.61 bits per heavy atom. The molecular formula is C22H17ClN4OS3. The van der Waals surface area contributed by atoms with Crippen molar-refractivity contribution in [3.05, 3.63) is 82.9 Å². The molecule has 1 amide bonds.